The molecule has 0 aliphatic carbocycles. The van der Waals surface area contributed by atoms with E-state index in [4.69, 9.17) is 0 Å². The molecule has 5 aromatic rings. The molecule has 7 nitrogen and oxygen atoms in total. The van der Waals surface area contributed by atoms with Crippen LogP contribution in [0.15, 0.2) is 91.0 Å². The minimum Gasteiger partial charge on any atom is -0.346 e. The van der Waals surface area contributed by atoms with Gasteiger partial charge in [-0.1, -0.05) is 80.6 Å². The van der Waals surface area contributed by atoms with E-state index in [2.05, 4.69) is 60.5 Å². The van der Waals surface area contributed by atoms with Gasteiger partial charge in [0.1, 0.15) is 0 Å². The number of nitrogens with zero attached hydrogens (tertiary/aromatic N) is 1. The maximum Gasteiger partial charge on any atom is 0.265 e. The Morgan fingerprint density at radius 2 is 1.49 bits per heavy atom. The Balaban J connectivity index is 1.36. The van der Waals surface area contributed by atoms with Crippen LogP contribution in [0.4, 0.5) is 0 Å². The summed E-state index contributed by atoms with van der Waals surface area (Å²) in [5.41, 5.74) is 9.06. The Bertz CT molecular complexity index is 2010. The molecule has 0 aliphatic rings. The Labute approximate surface area is 265 Å². The molecule has 1 atom stereocenters. The van der Waals surface area contributed by atoms with Crippen molar-refractivity contribution in [2.24, 2.45) is 0 Å². The quantitative estimate of drug-likeness (QED) is 0.181. The van der Waals surface area contributed by atoms with Crippen LogP contribution in [-0.4, -0.2) is 31.1 Å². The second-order valence-corrected chi connectivity index (χ2v) is 13.7. The largest absolute Gasteiger partial charge is 0.346 e. The van der Waals surface area contributed by atoms with Crippen molar-refractivity contribution in [3.05, 3.63) is 130 Å². The third kappa shape index (κ3) is 7.02. The summed E-state index contributed by atoms with van der Waals surface area (Å²) in [6.45, 7) is 11.1. The van der Waals surface area contributed by atoms with Gasteiger partial charge >= 0.3 is 0 Å². The summed E-state index contributed by atoms with van der Waals surface area (Å²) in [4.78, 5) is 25.9. The number of aromatic nitrogens is 1. The summed E-state index contributed by atoms with van der Waals surface area (Å²) >= 11 is 0. The first-order valence-corrected chi connectivity index (χ1v) is 16.9. The minimum absolute atomic E-state index is 0.106. The van der Waals surface area contributed by atoms with Gasteiger partial charge in [-0.2, -0.15) is 0 Å². The number of benzene rings is 4. The molecule has 0 spiro atoms. The standard InChI is InChI=1S/C37H39N3O4S/c1-23(2)29-10-9-11-30(20-29)25(4)38-36(41)31-18-19-35-34(21-31)24(3)26(5)40(35)22-27-14-16-28(17-15-27)32-12-7-8-13-33(32)37(42)39-45(6,43)44/h7-21,23,25H,22H2,1-6H3,(H,38,41)(H,39,42). The van der Waals surface area contributed by atoms with Crippen LogP contribution < -0.4 is 10.0 Å². The van der Waals surface area contributed by atoms with Gasteiger partial charge in [-0.15, -0.1) is 0 Å². The van der Waals surface area contributed by atoms with Gasteiger partial charge in [0.2, 0.25) is 10.0 Å². The Kier molecular flexibility index (Phi) is 8.98. The molecule has 1 heterocycles. The number of hydrogen-bond acceptors (Lipinski definition) is 4. The van der Waals surface area contributed by atoms with Crippen molar-refractivity contribution in [2.75, 3.05) is 6.26 Å². The van der Waals surface area contributed by atoms with E-state index < -0.39 is 15.9 Å². The number of aryl methyl sites for hydroxylation is 1. The average Bonchev–Trinajstić information content (AvgIpc) is 3.24. The zero-order chi connectivity index (χ0) is 32.5. The van der Waals surface area contributed by atoms with Gasteiger partial charge in [-0.25, -0.2) is 13.1 Å². The number of fused-ring (bicyclic) bond motifs is 1. The fourth-order valence-electron chi connectivity index (χ4n) is 5.67. The maximum atomic E-state index is 13.3. The minimum atomic E-state index is -3.69. The van der Waals surface area contributed by atoms with Gasteiger partial charge in [0.05, 0.1) is 12.3 Å². The zero-order valence-corrected chi connectivity index (χ0v) is 27.3. The molecule has 0 bridgehead atoms. The highest BCUT2D eigenvalue weighted by molar-refractivity contribution is 7.89. The third-order valence-electron chi connectivity index (χ3n) is 8.38. The van der Waals surface area contributed by atoms with Crippen molar-refractivity contribution >= 4 is 32.7 Å². The number of nitrogens with one attached hydrogen (secondary N) is 2. The summed E-state index contributed by atoms with van der Waals surface area (Å²) in [6.07, 6.45) is 0.959. The number of sulfonamides is 1. The van der Waals surface area contributed by atoms with E-state index in [1.54, 1.807) is 18.2 Å². The number of rotatable bonds is 9. The first kappa shape index (κ1) is 31.7. The van der Waals surface area contributed by atoms with E-state index in [-0.39, 0.29) is 17.5 Å². The molecule has 1 aromatic heterocycles. The lowest BCUT2D eigenvalue weighted by molar-refractivity contribution is 0.0938. The summed E-state index contributed by atoms with van der Waals surface area (Å²) in [7, 11) is -3.69. The van der Waals surface area contributed by atoms with Crippen molar-refractivity contribution < 1.29 is 18.0 Å². The second-order valence-electron chi connectivity index (χ2n) is 12.0. The lowest BCUT2D eigenvalue weighted by atomic mass is 9.98. The summed E-state index contributed by atoms with van der Waals surface area (Å²) < 4.78 is 27.5. The SMILES string of the molecule is Cc1c(C)n(Cc2ccc(-c3ccccc3C(=O)NS(C)(=O)=O)cc2)c2ccc(C(=O)NC(C)c3cccc(C(C)C)c3)cc12. The van der Waals surface area contributed by atoms with Gasteiger partial charge in [0.25, 0.3) is 11.8 Å². The normalized spacial score (nSPS) is 12.3. The van der Waals surface area contributed by atoms with Crippen molar-refractivity contribution in [3.63, 3.8) is 0 Å². The van der Waals surface area contributed by atoms with Crippen LogP contribution in [0.3, 0.4) is 0 Å². The van der Waals surface area contributed by atoms with Crippen LogP contribution in [0.5, 0.6) is 0 Å². The fourth-order valence-corrected chi connectivity index (χ4v) is 6.12. The summed E-state index contributed by atoms with van der Waals surface area (Å²) in [5, 5.41) is 4.20. The molecule has 2 amide bonds. The molecule has 0 aliphatic heterocycles. The molecule has 5 rings (SSSR count). The zero-order valence-electron chi connectivity index (χ0n) is 26.5. The lowest BCUT2D eigenvalue weighted by Gasteiger charge is -2.16. The molecule has 0 saturated carbocycles. The van der Waals surface area contributed by atoms with E-state index in [0.29, 0.717) is 23.6 Å². The number of hydrogen-bond donors (Lipinski definition) is 2. The molecular weight excluding hydrogens is 582 g/mol. The highest BCUT2D eigenvalue weighted by Gasteiger charge is 2.18. The molecular formula is C37H39N3O4S. The molecule has 0 saturated heterocycles. The van der Waals surface area contributed by atoms with Gasteiger partial charge in [-0.05, 0) is 84.3 Å². The Morgan fingerprint density at radius 3 is 2.18 bits per heavy atom. The summed E-state index contributed by atoms with van der Waals surface area (Å²) in [5.74, 6) is -0.350. The molecule has 45 heavy (non-hydrogen) atoms. The van der Waals surface area contributed by atoms with Gasteiger partial charge in [0, 0.05) is 34.3 Å². The van der Waals surface area contributed by atoms with Gasteiger partial charge in [0.15, 0.2) is 0 Å². The smallest absolute Gasteiger partial charge is 0.265 e. The fraction of sp³-hybridized carbons (Fsp3) is 0.243. The number of carbonyl (C=O) groups is 2. The second kappa shape index (κ2) is 12.7. The van der Waals surface area contributed by atoms with Crippen molar-refractivity contribution in [2.45, 2.75) is 53.1 Å². The number of carbonyl (C=O) groups excluding carboxylic acids is 2. The first-order valence-electron chi connectivity index (χ1n) is 15.0. The van der Waals surface area contributed by atoms with Crippen molar-refractivity contribution in [1.29, 1.82) is 0 Å². The van der Waals surface area contributed by atoms with Crippen LogP contribution >= 0.6 is 0 Å². The monoisotopic (exact) mass is 621 g/mol. The van der Waals surface area contributed by atoms with E-state index in [1.165, 1.54) is 5.56 Å². The van der Waals surface area contributed by atoms with Crippen LogP contribution in [0.2, 0.25) is 0 Å². The Morgan fingerprint density at radius 1 is 0.800 bits per heavy atom. The molecule has 8 heteroatoms. The van der Waals surface area contributed by atoms with Gasteiger partial charge < -0.3 is 9.88 Å². The highest BCUT2D eigenvalue weighted by atomic mass is 32.2. The van der Waals surface area contributed by atoms with Crippen LogP contribution in [0.1, 0.15) is 81.4 Å². The van der Waals surface area contributed by atoms with E-state index in [1.807, 2.05) is 61.5 Å². The molecule has 0 radical (unpaired) electrons. The number of amides is 2. The average molecular weight is 622 g/mol. The van der Waals surface area contributed by atoms with Crippen LogP contribution in [0.25, 0.3) is 22.0 Å². The Hall–Kier alpha value is -4.69. The molecule has 0 fully saturated rings. The van der Waals surface area contributed by atoms with Crippen molar-refractivity contribution in [1.82, 2.24) is 14.6 Å². The molecule has 232 valence electrons. The van der Waals surface area contributed by atoms with E-state index in [9.17, 15) is 18.0 Å². The van der Waals surface area contributed by atoms with Crippen LogP contribution in [0, 0.1) is 13.8 Å². The molecule has 4 aromatic carbocycles. The van der Waals surface area contributed by atoms with E-state index >= 15 is 0 Å². The lowest BCUT2D eigenvalue weighted by Crippen LogP contribution is -2.29. The molecule has 2 N–H and O–H groups in total. The summed E-state index contributed by atoms with van der Waals surface area (Å²) in [6, 6.07) is 29.0. The highest BCUT2D eigenvalue weighted by Crippen LogP contribution is 2.29. The topological polar surface area (TPSA) is 97.3 Å². The predicted molar refractivity (Wildman–Crippen MR) is 181 cm³/mol. The van der Waals surface area contributed by atoms with Crippen molar-refractivity contribution in [3.8, 4) is 11.1 Å². The maximum absolute atomic E-state index is 13.3. The first-order chi connectivity index (χ1) is 21.3. The third-order valence-corrected chi connectivity index (χ3v) is 8.94. The van der Waals surface area contributed by atoms with Crippen LogP contribution in [-0.2, 0) is 16.6 Å². The van der Waals surface area contributed by atoms with E-state index in [0.717, 1.165) is 45.1 Å². The van der Waals surface area contributed by atoms with Gasteiger partial charge in [-0.3, -0.25) is 9.59 Å². The molecule has 1 unspecified atom stereocenters. The predicted octanol–water partition coefficient (Wildman–Crippen LogP) is 7.28.